The third kappa shape index (κ3) is 3.79. The van der Waals surface area contributed by atoms with Crippen molar-refractivity contribution in [3.63, 3.8) is 0 Å². The number of nitrogens with one attached hydrogen (secondary N) is 1. The van der Waals surface area contributed by atoms with Gasteiger partial charge in [-0.3, -0.25) is 11.3 Å². The molecule has 21 heavy (non-hydrogen) atoms. The van der Waals surface area contributed by atoms with Gasteiger partial charge in [0.1, 0.15) is 0 Å². The standard InChI is InChI=1S/C17H32N2O2/c18-19-16(14-6-4-2-1-3-5-7-14)15-8-10-21-17(12-15)9-11-20-13-17/h14-16,19H,1-13,18H2. The molecule has 3 atom stereocenters. The molecule has 2 aliphatic heterocycles. The van der Waals surface area contributed by atoms with E-state index in [1.165, 1.54) is 44.9 Å². The maximum atomic E-state index is 6.09. The van der Waals surface area contributed by atoms with Crippen molar-refractivity contribution < 1.29 is 9.47 Å². The topological polar surface area (TPSA) is 56.5 Å². The third-order valence-electron chi connectivity index (χ3n) is 5.96. The Morgan fingerprint density at radius 1 is 0.952 bits per heavy atom. The fourth-order valence-electron chi connectivity index (χ4n) is 4.74. The zero-order chi connectivity index (χ0) is 14.5. The summed E-state index contributed by atoms with van der Waals surface area (Å²) < 4.78 is 11.7. The van der Waals surface area contributed by atoms with E-state index in [1.807, 2.05) is 0 Å². The highest BCUT2D eigenvalue weighted by Gasteiger charge is 2.44. The number of nitrogens with two attached hydrogens (primary N) is 1. The van der Waals surface area contributed by atoms with Crippen molar-refractivity contribution in [2.75, 3.05) is 19.8 Å². The lowest BCUT2D eigenvalue weighted by Gasteiger charge is -2.42. The molecule has 0 bridgehead atoms. The first-order valence-corrected chi connectivity index (χ1v) is 9.01. The van der Waals surface area contributed by atoms with E-state index in [1.54, 1.807) is 0 Å². The zero-order valence-corrected chi connectivity index (χ0v) is 13.3. The molecule has 3 rings (SSSR count). The molecule has 1 saturated carbocycles. The molecule has 3 fully saturated rings. The van der Waals surface area contributed by atoms with Gasteiger partial charge in [-0.15, -0.1) is 0 Å². The highest BCUT2D eigenvalue weighted by molar-refractivity contribution is 4.95. The minimum absolute atomic E-state index is 0.000362. The second-order valence-corrected chi connectivity index (χ2v) is 7.38. The summed E-state index contributed by atoms with van der Waals surface area (Å²) in [4.78, 5) is 0. The Bertz CT molecular complexity index is 310. The molecule has 1 aliphatic carbocycles. The van der Waals surface area contributed by atoms with Gasteiger partial charge in [0.15, 0.2) is 0 Å². The molecule has 3 aliphatic rings. The van der Waals surface area contributed by atoms with Crippen LogP contribution in [0, 0.1) is 11.8 Å². The molecule has 2 saturated heterocycles. The van der Waals surface area contributed by atoms with Gasteiger partial charge in [0.25, 0.3) is 0 Å². The molecule has 4 heteroatoms. The molecule has 3 unspecified atom stereocenters. The number of hydrogen-bond acceptors (Lipinski definition) is 4. The number of ether oxygens (including phenoxy) is 2. The second kappa shape index (κ2) is 7.40. The van der Waals surface area contributed by atoms with Crippen molar-refractivity contribution in [1.82, 2.24) is 5.43 Å². The molecular formula is C17H32N2O2. The summed E-state index contributed by atoms with van der Waals surface area (Å²) in [5, 5.41) is 0. The van der Waals surface area contributed by atoms with Crippen LogP contribution in [0.2, 0.25) is 0 Å². The van der Waals surface area contributed by atoms with Crippen LogP contribution in [0.4, 0.5) is 0 Å². The Hall–Kier alpha value is -0.160. The average molecular weight is 296 g/mol. The molecule has 122 valence electrons. The first-order chi connectivity index (χ1) is 10.3. The van der Waals surface area contributed by atoms with E-state index in [0.717, 1.165) is 45.0 Å². The molecule has 0 aromatic rings. The van der Waals surface area contributed by atoms with Gasteiger partial charge in [-0.05, 0) is 37.5 Å². The molecule has 3 N–H and O–H groups in total. The van der Waals surface area contributed by atoms with Crippen molar-refractivity contribution in [3.05, 3.63) is 0 Å². The monoisotopic (exact) mass is 296 g/mol. The van der Waals surface area contributed by atoms with Crippen molar-refractivity contribution in [2.45, 2.75) is 75.9 Å². The summed E-state index contributed by atoms with van der Waals surface area (Å²) in [6, 6.07) is 0.462. The summed E-state index contributed by atoms with van der Waals surface area (Å²) in [7, 11) is 0. The van der Waals surface area contributed by atoms with E-state index in [2.05, 4.69) is 5.43 Å². The quantitative estimate of drug-likeness (QED) is 0.621. The lowest BCUT2D eigenvalue weighted by molar-refractivity contribution is -0.106. The van der Waals surface area contributed by atoms with Crippen molar-refractivity contribution in [3.8, 4) is 0 Å². The average Bonchev–Trinajstić information content (AvgIpc) is 2.89. The van der Waals surface area contributed by atoms with E-state index >= 15 is 0 Å². The summed E-state index contributed by atoms with van der Waals surface area (Å²) in [6.45, 7) is 2.52. The molecule has 1 spiro atoms. The van der Waals surface area contributed by atoms with Crippen LogP contribution in [-0.4, -0.2) is 31.5 Å². The van der Waals surface area contributed by atoms with Crippen LogP contribution in [-0.2, 0) is 9.47 Å². The molecule has 0 aromatic carbocycles. The highest BCUT2D eigenvalue weighted by atomic mass is 16.6. The SMILES string of the molecule is NNC(C1CCCCCCC1)C1CCOC2(CCOC2)C1. The van der Waals surface area contributed by atoms with Crippen molar-refractivity contribution in [1.29, 1.82) is 0 Å². The van der Waals surface area contributed by atoms with Gasteiger partial charge in [-0.25, -0.2) is 0 Å². The minimum atomic E-state index is -0.000362. The van der Waals surface area contributed by atoms with Crippen LogP contribution in [0.25, 0.3) is 0 Å². The first kappa shape index (κ1) is 15.7. The van der Waals surface area contributed by atoms with Crippen molar-refractivity contribution >= 4 is 0 Å². The van der Waals surface area contributed by atoms with Crippen molar-refractivity contribution in [2.24, 2.45) is 17.7 Å². The van der Waals surface area contributed by atoms with Crippen LogP contribution >= 0.6 is 0 Å². The van der Waals surface area contributed by atoms with Gasteiger partial charge in [0, 0.05) is 25.7 Å². The van der Waals surface area contributed by atoms with Crippen LogP contribution in [0.3, 0.4) is 0 Å². The lowest BCUT2D eigenvalue weighted by Crippen LogP contribution is -2.52. The van der Waals surface area contributed by atoms with E-state index in [0.29, 0.717) is 12.0 Å². The number of hydrazine groups is 1. The van der Waals surface area contributed by atoms with Gasteiger partial charge >= 0.3 is 0 Å². The Labute approximate surface area is 129 Å². The fourth-order valence-corrected chi connectivity index (χ4v) is 4.74. The molecule has 0 amide bonds. The predicted octanol–water partition coefficient (Wildman–Crippen LogP) is 2.76. The van der Waals surface area contributed by atoms with Crippen LogP contribution in [0.1, 0.15) is 64.2 Å². The highest BCUT2D eigenvalue weighted by Crippen LogP contribution is 2.40. The summed E-state index contributed by atoms with van der Waals surface area (Å²) in [5.74, 6) is 7.39. The van der Waals surface area contributed by atoms with Gasteiger partial charge in [-0.1, -0.05) is 32.1 Å². The van der Waals surface area contributed by atoms with Crippen LogP contribution in [0.15, 0.2) is 0 Å². The summed E-state index contributed by atoms with van der Waals surface area (Å²) >= 11 is 0. The first-order valence-electron chi connectivity index (χ1n) is 9.01. The van der Waals surface area contributed by atoms with Gasteiger partial charge < -0.3 is 9.47 Å². The summed E-state index contributed by atoms with van der Waals surface area (Å²) in [5.41, 5.74) is 3.20. The van der Waals surface area contributed by atoms with E-state index in [-0.39, 0.29) is 5.60 Å². The molecule has 0 aromatic heterocycles. The van der Waals surface area contributed by atoms with Crippen LogP contribution in [0.5, 0.6) is 0 Å². The smallest absolute Gasteiger partial charge is 0.0939 e. The summed E-state index contributed by atoms with van der Waals surface area (Å²) in [6.07, 6.45) is 13.0. The zero-order valence-electron chi connectivity index (χ0n) is 13.3. The van der Waals surface area contributed by atoms with E-state index in [4.69, 9.17) is 15.3 Å². The Balaban J connectivity index is 1.63. The molecular weight excluding hydrogens is 264 g/mol. The molecule has 0 radical (unpaired) electrons. The maximum absolute atomic E-state index is 6.09. The van der Waals surface area contributed by atoms with E-state index in [9.17, 15) is 0 Å². The van der Waals surface area contributed by atoms with Gasteiger partial charge in [0.2, 0.25) is 0 Å². The Morgan fingerprint density at radius 3 is 2.38 bits per heavy atom. The Morgan fingerprint density at radius 2 is 1.71 bits per heavy atom. The normalized spacial score (nSPS) is 37.3. The Kier molecular flexibility index (Phi) is 5.54. The maximum Gasteiger partial charge on any atom is 0.0939 e. The minimum Gasteiger partial charge on any atom is -0.378 e. The molecule has 4 nitrogen and oxygen atoms in total. The predicted molar refractivity (Wildman–Crippen MR) is 83.8 cm³/mol. The van der Waals surface area contributed by atoms with Gasteiger partial charge in [-0.2, -0.15) is 0 Å². The molecule has 2 heterocycles. The number of hydrogen-bond donors (Lipinski definition) is 2. The number of rotatable bonds is 3. The second-order valence-electron chi connectivity index (χ2n) is 7.38. The van der Waals surface area contributed by atoms with Gasteiger partial charge in [0.05, 0.1) is 12.2 Å². The lowest BCUT2D eigenvalue weighted by atomic mass is 9.74. The van der Waals surface area contributed by atoms with E-state index < -0.39 is 0 Å². The third-order valence-corrected chi connectivity index (χ3v) is 5.96. The van der Waals surface area contributed by atoms with Crippen LogP contribution < -0.4 is 11.3 Å². The largest absolute Gasteiger partial charge is 0.378 e. The fraction of sp³-hybridized carbons (Fsp3) is 1.00.